The molecule has 5 nitrogen and oxygen atoms in total. The normalized spacial score (nSPS) is 12.7. The third kappa shape index (κ3) is 4.89. The lowest BCUT2D eigenvalue weighted by molar-refractivity contribution is -0.118. The molecule has 0 saturated heterocycles. The van der Waals surface area contributed by atoms with E-state index in [4.69, 9.17) is 9.47 Å². The van der Waals surface area contributed by atoms with Crippen LogP contribution < -0.4 is 10.1 Å². The first-order chi connectivity index (χ1) is 15.5. The van der Waals surface area contributed by atoms with Crippen molar-refractivity contribution in [1.29, 1.82) is 0 Å². The summed E-state index contributed by atoms with van der Waals surface area (Å²) in [7, 11) is 1.35. The summed E-state index contributed by atoms with van der Waals surface area (Å²) in [6.07, 6.45) is 4.55. The Kier molecular flexibility index (Phi) is 6.96. The lowest BCUT2D eigenvalue weighted by Crippen LogP contribution is -2.21. The van der Waals surface area contributed by atoms with Gasteiger partial charge in [-0.05, 0) is 73.1 Å². The minimum absolute atomic E-state index is 0.159. The Hall–Kier alpha value is -2.64. The number of thiophene rings is 1. The molecule has 2 aromatic carbocycles. The van der Waals surface area contributed by atoms with Crippen molar-refractivity contribution in [1.82, 2.24) is 0 Å². The van der Waals surface area contributed by atoms with Crippen molar-refractivity contribution in [3.8, 4) is 16.9 Å². The molecule has 1 amide bonds. The maximum atomic E-state index is 12.6. The number of hydrogen-bond acceptors (Lipinski definition) is 5. The number of hydrogen-bond donors (Lipinski definition) is 1. The lowest BCUT2D eigenvalue weighted by Gasteiger charge is -2.16. The molecular weight excluding hydrogens is 490 g/mol. The fourth-order valence-electron chi connectivity index (χ4n) is 3.89. The number of rotatable bonds is 6. The molecule has 0 atom stereocenters. The second-order valence-electron chi connectivity index (χ2n) is 7.78. The van der Waals surface area contributed by atoms with Crippen molar-refractivity contribution < 1.29 is 19.1 Å². The van der Waals surface area contributed by atoms with Gasteiger partial charge in [0.2, 0.25) is 0 Å². The number of fused-ring (bicyclic) bond motifs is 1. The van der Waals surface area contributed by atoms with E-state index in [-0.39, 0.29) is 12.5 Å². The number of carbonyl (C=O) groups is 2. The molecule has 166 valence electrons. The average Bonchev–Trinajstić information content (AvgIpc) is 3.22. The molecule has 0 radical (unpaired) electrons. The van der Waals surface area contributed by atoms with E-state index in [9.17, 15) is 9.59 Å². The quantitative estimate of drug-likeness (QED) is 0.400. The second-order valence-corrected chi connectivity index (χ2v) is 9.52. The Bertz CT molecular complexity index is 1170. The SMILES string of the molecule is COC(=O)c1c(-c2ccc3c(c2)CCCC3)csc1NC(=O)COc1ccc(Br)c(C)c1. The summed E-state index contributed by atoms with van der Waals surface area (Å²) in [5, 5.41) is 5.18. The van der Waals surface area contributed by atoms with Gasteiger partial charge in [0.25, 0.3) is 5.91 Å². The Morgan fingerprint density at radius 2 is 1.88 bits per heavy atom. The molecule has 3 aromatic rings. The summed E-state index contributed by atoms with van der Waals surface area (Å²) in [5.41, 5.74) is 5.84. The highest BCUT2D eigenvalue weighted by Gasteiger charge is 2.23. The molecule has 7 heteroatoms. The molecule has 1 aromatic heterocycles. The lowest BCUT2D eigenvalue weighted by atomic mass is 9.89. The van der Waals surface area contributed by atoms with Gasteiger partial charge in [0.15, 0.2) is 6.61 Å². The van der Waals surface area contributed by atoms with Crippen LogP contribution in [0.5, 0.6) is 5.75 Å². The van der Waals surface area contributed by atoms with E-state index in [1.807, 2.05) is 30.5 Å². The zero-order valence-corrected chi connectivity index (χ0v) is 20.4. The van der Waals surface area contributed by atoms with Crippen molar-refractivity contribution in [2.24, 2.45) is 0 Å². The molecule has 32 heavy (non-hydrogen) atoms. The summed E-state index contributed by atoms with van der Waals surface area (Å²) in [6, 6.07) is 11.9. The summed E-state index contributed by atoms with van der Waals surface area (Å²) in [4.78, 5) is 25.2. The van der Waals surface area contributed by atoms with Gasteiger partial charge in [-0.15, -0.1) is 11.3 Å². The topological polar surface area (TPSA) is 64.6 Å². The number of nitrogens with one attached hydrogen (secondary N) is 1. The summed E-state index contributed by atoms with van der Waals surface area (Å²) in [5.74, 6) is -0.205. The predicted octanol–water partition coefficient (Wildman–Crippen LogP) is 6.17. The smallest absolute Gasteiger partial charge is 0.341 e. The van der Waals surface area contributed by atoms with Crippen molar-refractivity contribution in [3.05, 3.63) is 68.5 Å². The maximum absolute atomic E-state index is 12.6. The molecule has 4 rings (SSSR count). The fourth-order valence-corrected chi connectivity index (χ4v) is 5.11. The van der Waals surface area contributed by atoms with Crippen LogP contribution in [0.1, 0.15) is 39.9 Å². The standard InChI is InChI=1S/C25H24BrNO4S/c1-15-11-19(9-10-21(15)26)31-13-22(28)27-24-23(25(29)30-2)20(14-32-24)18-8-7-16-5-3-4-6-17(16)12-18/h7-12,14H,3-6,13H2,1-2H3,(H,27,28). The number of methoxy groups -OCH3 is 1. The van der Waals surface area contributed by atoms with E-state index in [0.717, 1.165) is 34.0 Å². The van der Waals surface area contributed by atoms with Gasteiger partial charge in [0, 0.05) is 15.4 Å². The van der Waals surface area contributed by atoms with Gasteiger partial charge in [0.1, 0.15) is 16.3 Å². The third-order valence-corrected chi connectivity index (χ3v) is 7.38. The predicted molar refractivity (Wildman–Crippen MR) is 131 cm³/mol. The largest absolute Gasteiger partial charge is 0.484 e. The van der Waals surface area contributed by atoms with Crippen LogP contribution in [0.15, 0.2) is 46.3 Å². The number of ether oxygens (including phenoxy) is 2. The average molecular weight is 514 g/mol. The van der Waals surface area contributed by atoms with Gasteiger partial charge >= 0.3 is 5.97 Å². The fraction of sp³-hybridized carbons (Fsp3) is 0.280. The zero-order valence-electron chi connectivity index (χ0n) is 18.0. The zero-order chi connectivity index (χ0) is 22.7. The number of carbonyl (C=O) groups excluding carboxylic acids is 2. The number of anilines is 1. The molecule has 1 N–H and O–H groups in total. The van der Waals surface area contributed by atoms with Crippen molar-refractivity contribution in [2.75, 3.05) is 19.0 Å². The molecular formula is C25H24BrNO4S. The molecule has 1 aliphatic carbocycles. The molecule has 1 aliphatic rings. The Morgan fingerprint density at radius 1 is 1.09 bits per heavy atom. The Labute approximate surface area is 199 Å². The van der Waals surface area contributed by atoms with Gasteiger partial charge in [-0.25, -0.2) is 4.79 Å². The first-order valence-electron chi connectivity index (χ1n) is 10.5. The van der Waals surface area contributed by atoms with E-state index < -0.39 is 5.97 Å². The highest BCUT2D eigenvalue weighted by Crippen LogP contribution is 2.37. The van der Waals surface area contributed by atoms with Crippen LogP contribution >= 0.6 is 27.3 Å². The van der Waals surface area contributed by atoms with Crippen LogP contribution in [0.25, 0.3) is 11.1 Å². The van der Waals surface area contributed by atoms with Gasteiger partial charge < -0.3 is 14.8 Å². The molecule has 0 aliphatic heterocycles. The second kappa shape index (κ2) is 9.88. The van der Waals surface area contributed by atoms with Gasteiger partial charge in [-0.1, -0.05) is 34.1 Å². The Morgan fingerprint density at radius 3 is 2.62 bits per heavy atom. The molecule has 0 unspecified atom stereocenters. The van der Waals surface area contributed by atoms with Gasteiger partial charge in [-0.3, -0.25) is 4.79 Å². The maximum Gasteiger partial charge on any atom is 0.341 e. The Balaban J connectivity index is 1.54. The first kappa shape index (κ1) is 22.6. The first-order valence-corrected chi connectivity index (χ1v) is 12.1. The molecule has 0 fully saturated rings. The monoisotopic (exact) mass is 513 g/mol. The summed E-state index contributed by atoms with van der Waals surface area (Å²) >= 11 is 4.76. The molecule has 1 heterocycles. The number of benzene rings is 2. The van der Waals surface area contributed by atoms with Crippen LogP contribution in [-0.4, -0.2) is 25.6 Å². The molecule has 0 spiro atoms. The van der Waals surface area contributed by atoms with Gasteiger partial charge in [0.05, 0.1) is 7.11 Å². The van der Waals surface area contributed by atoms with Crippen LogP contribution in [0.4, 0.5) is 5.00 Å². The summed E-state index contributed by atoms with van der Waals surface area (Å²) in [6.45, 7) is 1.79. The minimum Gasteiger partial charge on any atom is -0.484 e. The van der Waals surface area contributed by atoms with Gasteiger partial charge in [-0.2, -0.15) is 0 Å². The van der Waals surface area contributed by atoms with Crippen LogP contribution in [0, 0.1) is 6.92 Å². The molecule has 0 bridgehead atoms. The van der Waals surface area contributed by atoms with E-state index in [0.29, 0.717) is 16.3 Å². The van der Waals surface area contributed by atoms with Crippen molar-refractivity contribution in [2.45, 2.75) is 32.6 Å². The van der Waals surface area contributed by atoms with Crippen LogP contribution in [0.2, 0.25) is 0 Å². The number of esters is 1. The number of halogens is 1. The van der Waals surface area contributed by atoms with E-state index >= 15 is 0 Å². The van der Waals surface area contributed by atoms with Crippen molar-refractivity contribution >= 4 is 44.1 Å². The summed E-state index contributed by atoms with van der Waals surface area (Å²) < 4.78 is 11.6. The van der Waals surface area contributed by atoms with Crippen LogP contribution in [0.3, 0.4) is 0 Å². The van der Waals surface area contributed by atoms with E-state index in [1.165, 1.54) is 42.4 Å². The van der Waals surface area contributed by atoms with Crippen molar-refractivity contribution in [3.63, 3.8) is 0 Å². The van der Waals surface area contributed by atoms with Crippen LogP contribution in [-0.2, 0) is 22.4 Å². The highest BCUT2D eigenvalue weighted by atomic mass is 79.9. The highest BCUT2D eigenvalue weighted by molar-refractivity contribution is 9.10. The van der Waals surface area contributed by atoms with E-state index in [1.54, 1.807) is 6.07 Å². The molecule has 0 saturated carbocycles. The minimum atomic E-state index is -0.473. The third-order valence-electron chi connectivity index (χ3n) is 5.59. The number of amides is 1. The number of aryl methyl sites for hydroxylation is 3. The van der Waals surface area contributed by atoms with E-state index in [2.05, 4.69) is 33.4 Å².